The van der Waals surface area contributed by atoms with Crippen molar-refractivity contribution in [2.24, 2.45) is 5.92 Å². The lowest BCUT2D eigenvalue weighted by Crippen LogP contribution is -2.48. The quantitative estimate of drug-likeness (QED) is 0.770. The number of amides is 1. The molecule has 2 bridgehead atoms. The molecule has 0 aromatic rings. The highest BCUT2D eigenvalue weighted by atomic mass is 16.6. The molecule has 0 spiro atoms. The van der Waals surface area contributed by atoms with Crippen LogP contribution in [0.5, 0.6) is 0 Å². The first kappa shape index (κ1) is 13.2. The van der Waals surface area contributed by atoms with Gasteiger partial charge < -0.3 is 9.64 Å². The van der Waals surface area contributed by atoms with Gasteiger partial charge >= 0.3 is 6.09 Å². The summed E-state index contributed by atoms with van der Waals surface area (Å²) in [5.41, 5.74) is 0. The molecule has 108 valence electrons. The van der Waals surface area contributed by atoms with Crippen molar-refractivity contribution in [3.63, 3.8) is 0 Å². The first-order valence-electron chi connectivity index (χ1n) is 7.95. The van der Waals surface area contributed by atoms with Crippen LogP contribution in [-0.4, -0.2) is 54.2 Å². The molecule has 1 aliphatic carbocycles. The second kappa shape index (κ2) is 5.70. The molecule has 4 nitrogen and oxygen atoms in total. The third kappa shape index (κ3) is 2.73. The number of nitrogens with zero attached hydrogens (tertiary/aromatic N) is 2. The summed E-state index contributed by atoms with van der Waals surface area (Å²) in [5.74, 6) is 0.960. The number of hydrogen-bond acceptors (Lipinski definition) is 3. The van der Waals surface area contributed by atoms with Gasteiger partial charge in [0.1, 0.15) is 0 Å². The molecule has 4 heteroatoms. The minimum absolute atomic E-state index is 0.124. The Balaban J connectivity index is 1.51. The molecule has 2 unspecified atom stereocenters. The van der Waals surface area contributed by atoms with E-state index in [1.807, 2.05) is 11.8 Å². The van der Waals surface area contributed by atoms with Crippen LogP contribution in [0.25, 0.3) is 0 Å². The molecular weight excluding hydrogens is 240 g/mol. The smallest absolute Gasteiger partial charge is 0.409 e. The highest BCUT2D eigenvalue weighted by Crippen LogP contribution is 2.38. The van der Waals surface area contributed by atoms with Gasteiger partial charge in [0.05, 0.1) is 6.61 Å². The van der Waals surface area contributed by atoms with E-state index < -0.39 is 0 Å². The van der Waals surface area contributed by atoms with Crippen LogP contribution in [0, 0.1) is 5.92 Å². The molecule has 0 N–H and O–H groups in total. The van der Waals surface area contributed by atoms with Crippen molar-refractivity contribution in [2.45, 2.75) is 57.5 Å². The number of fused-ring (bicyclic) bond motifs is 2. The predicted octanol–water partition coefficient (Wildman–Crippen LogP) is 2.48. The molecule has 3 aliphatic rings. The Labute approximate surface area is 116 Å². The third-order valence-electron chi connectivity index (χ3n) is 5.15. The van der Waals surface area contributed by atoms with E-state index in [-0.39, 0.29) is 6.09 Å². The van der Waals surface area contributed by atoms with Crippen LogP contribution in [0.2, 0.25) is 0 Å². The fraction of sp³-hybridized carbons (Fsp3) is 0.933. The summed E-state index contributed by atoms with van der Waals surface area (Å²) in [6.07, 6.45) is 7.82. The fourth-order valence-electron chi connectivity index (χ4n) is 4.22. The van der Waals surface area contributed by atoms with E-state index in [1.54, 1.807) is 0 Å². The van der Waals surface area contributed by atoms with Crippen LogP contribution in [0.4, 0.5) is 4.79 Å². The van der Waals surface area contributed by atoms with Gasteiger partial charge in [0, 0.05) is 31.7 Å². The van der Waals surface area contributed by atoms with Crippen molar-refractivity contribution in [3.05, 3.63) is 0 Å². The van der Waals surface area contributed by atoms with Gasteiger partial charge in [-0.05, 0) is 44.9 Å². The average molecular weight is 266 g/mol. The molecule has 0 aromatic heterocycles. The lowest BCUT2D eigenvalue weighted by Gasteiger charge is -2.38. The molecule has 3 rings (SSSR count). The van der Waals surface area contributed by atoms with E-state index >= 15 is 0 Å². The monoisotopic (exact) mass is 266 g/mol. The van der Waals surface area contributed by atoms with Crippen molar-refractivity contribution < 1.29 is 9.53 Å². The summed E-state index contributed by atoms with van der Waals surface area (Å²) >= 11 is 0. The van der Waals surface area contributed by atoms with Gasteiger partial charge in [0.15, 0.2) is 0 Å². The second-order valence-electron chi connectivity index (χ2n) is 6.30. The molecule has 1 saturated carbocycles. The summed E-state index contributed by atoms with van der Waals surface area (Å²) in [6, 6.07) is 1.55. The molecule has 2 aliphatic heterocycles. The van der Waals surface area contributed by atoms with Crippen molar-refractivity contribution >= 4 is 6.09 Å². The van der Waals surface area contributed by atoms with Gasteiger partial charge in [-0.15, -0.1) is 0 Å². The first-order chi connectivity index (χ1) is 9.28. The number of rotatable bonds is 2. The Morgan fingerprint density at radius 3 is 2.63 bits per heavy atom. The summed E-state index contributed by atoms with van der Waals surface area (Å²) in [6.45, 7) is 5.41. The van der Waals surface area contributed by atoms with E-state index in [0.29, 0.717) is 12.6 Å². The van der Waals surface area contributed by atoms with E-state index in [2.05, 4.69) is 4.90 Å². The van der Waals surface area contributed by atoms with Crippen molar-refractivity contribution in [1.82, 2.24) is 9.80 Å². The minimum Gasteiger partial charge on any atom is -0.450 e. The summed E-state index contributed by atoms with van der Waals surface area (Å²) in [4.78, 5) is 16.3. The molecule has 2 saturated heterocycles. The molecule has 0 radical (unpaired) electrons. The predicted molar refractivity (Wildman–Crippen MR) is 74.1 cm³/mol. The van der Waals surface area contributed by atoms with Gasteiger partial charge in [-0.3, -0.25) is 4.90 Å². The lowest BCUT2D eigenvalue weighted by atomic mass is 9.90. The number of piperidine rings is 1. The van der Waals surface area contributed by atoms with E-state index in [9.17, 15) is 4.79 Å². The Hall–Kier alpha value is -0.770. The topological polar surface area (TPSA) is 32.8 Å². The molecule has 1 amide bonds. The van der Waals surface area contributed by atoms with Crippen LogP contribution in [0.15, 0.2) is 0 Å². The maximum atomic E-state index is 11.7. The maximum absolute atomic E-state index is 11.7. The first-order valence-corrected chi connectivity index (χ1v) is 7.95. The Morgan fingerprint density at radius 1 is 1.16 bits per heavy atom. The molecule has 2 atom stereocenters. The molecule has 3 fully saturated rings. The van der Waals surface area contributed by atoms with Crippen LogP contribution in [-0.2, 0) is 4.74 Å². The number of ether oxygens (including phenoxy) is 1. The Kier molecular flexibility index (Phi) is 3.96. The normalized spacial score (nSPS) is 32.6. The highest BCUT2D eigenvalue weighted by Gasteiger charge is 2.39. The molecule has 2 heterocycles. The van der Waals surface area contributed by atoms with E-state index in [1.165, 1.54) is 32.2 Å². The van der Waals surface area contributed by atoms with Crippen LogP contribution in [0.3, 0.4) is 0 Å². The van der Waals surface area contributed by atoms with Crippen molar-refractivity contribution in [3.8, 4) is 0 Å². The van der Waals surface area contributed by atoms with Gasteiger partial charge in [0.25, 0.3) is 0 Å². The second-order valence-corrected chi connectivity index (χ2v) is 6.30. The minimum atomic E-state index is -0.124. The SMILES string of the molecule is CCOC(=O)N1CCC(N2CC3CCCC2C3)CC1. The van der Waals surface area contributed by atoms with Crippen LogP contribution >= 0.6 is 0 Å². The number of carbonyl (C=O) groups excluding carboxylic acids is 1. The van der Waals surface area contributed by atoms with Gasteiger partial charge in [-0.1, -0.05) is 6.42 Å². The summed E-state index contributed by atoms with van der Waals surface area (Å²) < 4.78 is 5.08. The zero-order valence-electron chi connectivity index (χ0n) is 12.0. The van der Waals surface area contributed by atoms with Crippen LogP contribution < -0.4 is 0 Å². The maximum Gasteiger partial charge on any atom is 0.409 e. The van der Waals surface area contributed by atoms with Gasteiger partial charge in [-0.25, -0.2) is 4.79 Å². The summed E-state index contributed by atoms with van der Waals surface area (Å²) in [5, 5.41) is 0. The van der Waals surface area contributed by atoms with E-state index in [0.717, 1.165) is 37.9 Å². The summed E-state index contributed by atoms with van der Waals surface area (Å²) in [7, 11) is 0. The van der Waals surface area contributed by atoms with Crippen molar-refractivity contribution in [2.75, 3.05) is 26.2 Å². The standard InChI is InChI=1S/C15H26N2O2/c1-2-19-15(18)16-8-6-13(7-9-16)17-11-12-4-3-5-14(17)10-12/h12-14H,2-11H2,1H3. The van der Waals surface area contributed by atoms with Gasteiger partial charge in [-0.2, -0.15) is 0 Å². The zero-order chi connectivity index (χ0) is 13.2. The zero-order valence-corrected chi connectivity index (χ0v) is 12.0. The number of carbonyl (C=O) groups is 1. The van der Waals surface area contributed by atoms with Crippen molar-refractivity contribution in [1.29, 1.82) is 0 Å². The molecule has 19 heavy (non-hydrogen) atoms. The lowest BCUT2D eigenvalue weighted by molar-refractivity contribution is 0.0703. The Morgan fingerprint density at radius 2 is 1.95 bits per heavy atom. The third-order valence-corrected chi connectivity index (χ3v) is 5.15. The average Bonchev–Trinajstić information content (AvgIpc) is 2.74. The largest absolute Gasteiger partial charge is 0.450 e. The number of hydrogen-bond donors (Lipinski definition) is 0. The highest BCUT2D eigenvalue weighted by molar-refractivity contribution is 5.67. The van der Waals surface area contributed by atoms with Gasteiger partial charge in [0.2, 0.25) is 0 Å². The molecule has 0 aromatic carbocycles. The van der Waals surface area contributed by atoms with Crippen LogP contribution in [0.1, 0.15) is 45.4 Å². The Bertz CT molecular complexity index is 326. The number of likely N-dealkylation sites (tertiary alicyclic amines) is 2. The molecular formula is C15H26N2O2. The van der Waals surface area contributed by atoms with E-state index in [4.69, 9.17) is 4.74 Å². The fourth-order valence-corrected chi connectivity index (χ4v) is 4.22.